The molecule has 0 aromatic rings. The predicted octanol–water partition coefficient (Wildman–Crippen LogP) is 4.73. The zero-order valence-corrected chi connectivity index (χ0v) is 23.3. The van der Waals surface area contributed by atoms with Crippen LogP contribution in [0.25, 0.3) is 0 Å². The molecule has 5 aliphatic rings. The Morgan fingerprint density at radius 2 is 1.89 bits per heavy atom. The van der Waals surface area contributed by atoms with E-state index in [2.05, 4.69) is 20.8 Å². The molecule has 200 valence electrons. The lowest BCUT2D eigenvalue weighted by Crippen LogP contribution is -2.61. The van der Waals surface area contributed by atoms with Gasteiger partial charge >= 0.3 is 0 Å². The van der Waals surface area contributed by atoms with Crippen molar-refractivity contribution in [2.45, 2.75) is 116 Å². The molecule has 0 spiro atoms. The maximum atomic E-state index is 12.7. The van der Waals surface area contributed by atoms with Crippen molar-refractivity contribution < 1.29 is 27.2 Å². The smallest absolute Gasteiger partial charge is 0.264 e. The average Bonchev–Trinajstić information content (AvgIpc) is 3.45. The number of hydrogen-bond acceptors (Lipinski definition) is 6. The first-order valence-corrected chi connectivity index (χ1v) is 15.8. The van der Waals surface area contributed by atoms with Crippen molar-refractivity contribution in [1.29, 1.82) is 0 Å². The molecule has 0 bridgehead atoms. The Bertz CT molecular complexity index is 955. The van der Waals surface area contributed by atoms with Crippen molar-refractivity contribution in [3.05, 3.63) is 0 Å². The fraction of sp³-hybridized carbons (Fsp3) is 0.964. The van der Waals surface area contributed by atoms with E-state index in [9.17, 15) is 18.3 Å². The Labute approximate surface area is 212 Å². The van der Waals surface area contributed by atoms with E-state index in [0.717, 1.165) is 38.4 Å². The molecular formula is C28H46O6S. The van der Waals surface area contributed by atoms with Gasteiger partial charge in [0, 0.05) is 17.8 Å². The molecule has 5 fully saturated rings. The molecule has 0 unspecified atom stereocenters. The van der Waals surface area contributed by atoms with Gasteiger partial charge in [0.15, 0.2) is 5.78 Å². The van der Waals surface area contributed by atoms with E-state index in [1.54, 1.807) is 0 Å². The van der Waals surface area contributed by atoms with Gasteiger partial charge in [0.25, 0.3) is 10.1 Å². The summed E-state index contributed by atoms with van der Waals surface area (Å²) in [6.45, 7) is 11.0. The largest absolute Gasteiger partial charge is 0.390 e. The molecule has 7 heteroatoms. The highest BCUT2D eigenvalue weighted by Gasteiger charge is 2.71. The highest BCUT2D eigenvalue weighted by atomic mass is 32.2. The number of epoxide rings is 1. The number of fused-ring (bicyclic) bond motifs is 7. The van der Waals surface area contributed by atoms with Gasteiger partial charge in [-0.15, -0.1) is 0 Å². The van der Waals surface area contributed by atoms with Crippen LogP contribution in [0.15, 0.2) is 0 Å². The first-order valence-electron chi connectivity index (χ1n) is 13.9. The van der Waals surface area contributed by atoms with Gasteiger partial charge in [-0.1, -0.05) is 33.6 Å². The van der Waals surface area contributed by atoms with E-state index in [1.165, 1.54) is 19.3 Å². The first kappa shape index (κ1) is 26.1. The van der Waals surface area contributed by atoms with E-state index in [0.29, 0.717) is 36.0 Å². The van der Waals surface area contributed by atoms with Gasteiger partial charge in [-0.2, -0.15) is 8.42 Å². The van der Waals surface area contributed by atoms with Crippen LogP contribution in [0.2, 0.25) is 0 Å². The summed E-state index contributed by atoms with van der Waals surface area (Å²) in [4.78, 5) is 12.7. The molecule has 35 heavy (non-hydrogen) atoms. The second-order valence-corrected chi connectivity index (χ2v) is 15.6. The third-order valence-corrected chi connectivity index (χ3v) is 11.9. The lowest BCUT2D eigenvalue weighted by Gasteiger charge is -2.61. The first-order chi connectivity index (χ1) is 16.1. The van der Waals surface area contributed by atoms with Crippen LogP contribution in [0.5, 0.6) is 0 Å². The van der Waals surface area contributed by atoms with Crippen LogP contribution in [-0.2, 0) is 23.8 Å². The third-order valence-electron chi connectivity index (χ3n) is 11.3. The van der Waals surface area contributed by atoms with Crippen molar-refractivity contribution in [3.8, 4) is 0 Å². The fourth-order valence-corrected chi connectivity index (χ4v) is 10.5. The summed E-state index contributed by atoms with van der Waals surface area (Å²) in [6.07, 6.45) is 9.24. The van der Waals surface area contributed by atoms with Crippen molar-refractivity contribution in [3.63, 3.8) is 0 Å². The quantitative estimate of drug-likeness (QED) is 0.393. The molecule has 5 rings (SSSR count). The Morgan fingerprint density at radius 1 is 1.17 bits per heavy atom. The molecule has 0 aromatic heterocycles. The second-order valence-electron chi connectivity index (χ2n) is 14.0. The highest BCUT2D eigenvalue weighted by molar-refractivity contribution is 7.86. The third kappa shape index (κ3) is 4.44. The molecule has 0 amide bonds. The van der Waals surface area contributed by atoms with Gasteiger partial charge < -0.3 is 9.84 Å². The minimum Gasteiger partial charge on any atom is -0.390 e. The van der Waals surface area contributed by atoms with Crippen LogP contribution in [0.3, 0.4) is 0 Å². The van der Waals surface area contributed by atoms with Crippen LogP contribution < -0.4 is 0 Å². The summed E-state index contributed by atoms with van der Waals surface area (Å²) in [6, 6.07) is 0. The minimum atomic E-state index is -3.62. The number of rotatable bonds is 7. The SMILES string of the molecule is C[C@H](CCCC(C)(C)O)[C@H]1CC[C@H]2[C@@H]3C[C@@H](OS(C)(=O)=O)[C@H]4CC(=O)[C@@H]5O[C@@H]5[C@]4(C)[C@H]3CC[C@]12C. The second kappa shape index (κ2) is 8.51. The van der Waals surface area contributed by atoms with Gasteiger partial charge in [-0.3, -0.25) is 8.98 Å². The maximum absolute atomic E-state index is 12.7. The summed E-state index contributed by atoms with van der Waals surface area (Å²) < 4.78 is 36.3. The molecule has 1 heterocycles. The standard InChI is InChI=1S/C28H46O6S/c1-16(8-7-12-26(2,3)30)18-9-10-19-17-14-23(34-35(6,31)32)21-15-22(29)24-25(33-24)28(21,5)20(17)11-13-27(18,19)4/h16-21,23-25,30H,7-15H2,1-6H3/t16-,17+,18-,19+,20+,21-,23-,24+,25+,27-,28-/m1/s1. The zero-order valence-electron chi connectivity index (χ0n) is 22.5. The number of carbonyl (C=O) groups is 1. The van der Waals surface area contributed by atoms with Gasteiger partial charge in [0.2, 0.25) is 0 Å². The Kier molecular flexibility index (Phi) is 6.35. The normalized spacial score (nSPS) is 47.9. The van der Waals surface area contributed by atoms with Crippen molar-refractivity contribution in [2.75, 3.05) is 6.26 Å². The van der Waals surface area contributed by atoms with Crippen LogP contribution in [-0.4, -0.2) is 49.5 Å². The number of Topliss-reactive ketones (excluding diaryl/α,β-unsaturated/α-hetero) is 1. The lowest BCUT2D eigenvalue weighted by molar-refractivity contribution is -0.157. The fourth-order valence-electron chi connectivity index (χ4n) is 9.80. The zero-order chi connectivity index (χ0) is 25.6. The number of ether oxygens (including phenoxy) is 1. The molecule has 4 aliphatic carbocycles. The minimum absolute atomic E-state index is 0.0745. The van der Waals surface area contributed by atoms with Crippen molar-refractivity contribution >= 4 is 15.9 Å². The van der Waals surface area contributed by atoms with Gasteiger partial charge in [0.05, 0.1) is 24.1 Å². The Morgan fingerprint density at radius 3 is 2.54 bits per heavy atom. The number of carbonyl (C=O) groups excluding carboxylic acids is 1. The Balaban J connectivity index is 1.39. The van der Waals surface area contributed by atoms with Crippen LogP contribution in [0.4, 0.5) is 0 Å². The summed E-state index contributed by atoms with van der Waals surface area (Å²) in [5.74, 6) is 2.73. The molecule has 0 aromatic carbocycles. The van der Waals surface area contributed by atoms with Gasteiger partial charge in [-0.25, -0.2) is 0 Å². The van der Waals surface area contributed by atoms with Crippen LogP contribution >= 0.6 is 0 Å². The maximum Gasteiger partial charge on any atom is 0.264 e. The molecule has 1 N–H and O–H groups in total. The number of hydrogen-bond donors (Lipinski definition) is 1. The van der Waals surface area contributed by atoms with E-state index >= 15 is 0 Å². The summed E-state index contributed by atoms with van der Waals surface area (Å²) in [5, 5.41) is 10.1. The molecular weight excluding hydrogens is 464 g/mol. The summed E-state index contributed by atoms with van der Waals surface area (Å²) in [5.41, 5.74) is -0.552. The van der Waals surface area contributed by atoms with E-state index < -0.39 is 21.8 Å². The van der Waals surface area contributed by atoms with Crippen molar-refractivity contribution in [2.24, 2.45) is 46.3 Å². The van der Waals surface area contributed by atoms with Crippen molar-refractivity contribution in [1.82, 2.24) is 0 Å². The monoisotopic (exact) mass is 510 g/mol. The molecule has 6 nitrogen and oxygen atoms in total. The molecule has 0 radical (unpaired) electrons. The summed E-state index contributed by atoms with van der Waals surface area (Å²) in [7, 11) is -3.62. The lowest BCUT2D eigenvalue weighted by atomic mass is 9.43. The molecule has 1 saturated heterocycles. The summed E-state index contributed by atoms with van der Waals surface area (Å²) >= 11 is 0. The number of ketones is 1. The van der Waals surface area contributed by atoms with Gasteiger partial charge in [0.1, 0.15) is 6.10 Å². The highest BCUT2D eigenvalue weighted by Crippen LogP contribution is 2.70. The van der Waals surface area contributed by atoms with E-state index in [1.807, 2.05) is 13.8 Å². The van der Waals surface area contributed by atoms with Gasteiger partial charge in [-0.05, 0) is 87.4 Å². The van der Waals surface area contributed by atoms with Crippen LogP contribution in [0.1, 0.15) is 92.4 Å². The van der Waals surface area contributed by atoms with Crippen LogP contribution in [0, 0.1) is 46.3 Å². The molecule has 11 atom stereocenters. The van der Waals surface area contributed by atoms with E-state index in [4.69, 9.17) is 8.92 Å². The molecule has 1 aliphatic heterocycles. The molecule has 4 saturated carbocycles. The van der Waals surface area contributed by atoms with E-state index in [-0.39, 0.29) is 34.7 Å². The predicted molar refractivity (Wildman–Crippen MR) is 134 cm³/mol. The average molecular weight is 511 g/mol. The number of aliphatic hydroxyl groups is 1. The Hall–Kier alpha value is -0.500. The topological polar surface area (TPSA) is 93.2 Å².